The summed E-state index contributed by atoms with van der Waals surface area (Å²) in [7, 11) is 0. The summed E-state index contributed by atoms with van der Waals surface area (Å²) in [6.07, 6.45) is 6.90. The van der Waals surface area contributed by atoms with Gasteiger partial charge >= 0.3 is 0 Å². The van der Waals surface area contributed by atoms with Crippen molar-refractivity contribution in [1.29, 1.82) is 0 Å². The number of nitrogens with zero attached hydrogens (tertiary/aromatic N) is 1. The quantitative estimate of drug-likeness (QED) is 0.903. The third kappa shape index (κ3) is 2.70. The Bertz CT molecular complexity index is 403. The number of likely N-dealkylation sites (tertiary alicyclic amines) is 1. The third-order valence-electron chi connectivity index (χ3n) is 5.31. The standard InChI is InChI=1S/C17H26N2/c18-12-16-8-4-9-17(16)10-5-11-19(14-17)13-15-6-2-1-3-7-15/h1-3,6-7,16H,4-5,8-14,18H2. The lowest BCUT2D eigenvalue weighted by Crippen LogP contribution is -2.46. The van der Waals surface area contributed by atoms with Crippen molar-refractivity contribution in [2.75, 3.05) is 19.6 Å². The van der Waals surface area contributed by atoms with E-state index in [0.29, 0.717) is 5.41 Å². The van der Waals surface area contributed by atoms with Gasteiger partial charge in [0.25, 0.3) is 0 Å². The number of rotatable bonds is 3. The van der Waals surface area contributed by atoms with Crippen molar-refractivity contribution in [3.8, 4) is 0 Å². The van der Waals surface area contributed by atoms with Gasteiger partial charge in [-0.3, -0.25) is 4.90 Å². The lowest BCUT2D eigenvalue weighted by molar-refractivity contribution is 0.0521. The highest BCUT2D eigenvalue weighted by Crippen LogP contribution is 2.48. The van der Waals surface area contributed by atoms with Gasteiger partial charge in [-0.2, -0.15) is 0 Å². The monoisotopic (exact) mass is 258 g/mol. The van der Waals surface area contributed by atoms with E-state index in [1.165, 1.54) is 50.8 Å². The number of nitrogens with two attached hydrogens (primary N) is 1. The molecular weight excluding hydrogens is 232 g/mol. The van der Waals surface area contributed by atoms with E-state index in [4.69, 9.17) is 5.73 Å². The summed E-state index contributed by atoms with van der Waals surface area (Å²) < 4.78 is 0. The minimum absolute atomic E-state index is 0.543. The summed E-state index contributed by atoms with van der Waals surface area (Å²) in [4.78, 5) is 2.66. The van der Waals surface area contributed by atoms with Gasteiger partial charge in [-0.15, -0.1) is 0 Å². The van der Waals surface area contributed by atoms with Crippen LogP contribution in [0.4, 0.5) is 0 Å². The Morgan fingerprint density at radius 3 is 2.74 bits per heavy atom. The smallest absolute Gasteiger partial charge is 0.0233 e. The zero-order valence-corrected chi connectivity index (χ0v) is 11.9. The van der Waals surface area contributed by atoms with Gasteiger partial charge in [0.05, 0.1) is 0 Å². The molecule has 0 bridgehead atoms. The summed E-state index contributed by atoms with van der Waals surface area (Å²) in [6, 6.07) is 10.9. The molecule has 2 nitrogen and oxygen atoms in total. The van der Waals surface area contributed by atoms with Crippen molar-refractivity contribution in [3.05, 3.63) is 35.9 Å². The van der Waals surface area contributed by atoms with Crippen LogP contribution in [0.1, 0.15) is 37.7 Å². The van der Waals surface area contributed by atoms with E-state index in [2.05, 4.69) is 35.2 Å². The van der Waals surface area contributed by atoms with Crippen LogP contribution in [-0.2, 0) is 6.54 Å². The molecule has 2 heteroatoms. The van der Waals surface area contributed by atoms with Gasteiger partial charge in [0.15, 0.2) is 0 Å². The SMILES string of the molecule is NCC1CCCC12CCCN(Cc1ccccc1)C2. The molecule has 19 heavy (non-hydrogen) atoms. The van der Waals surface area contributed by atoms with Crippen LogP contribution in [0.15, 0.2) is 30.3 Å². The second-order valence-electron chi connectivity index (χ2n) is 6.49. The van der Waals surface area contributed by atoms with Crippen molar-refractivity contribution in [2.24, 2.45) is 17.1 Å². The number of benzene rings is 1. The summed E-state index contributed by atoms with van der Waals surface area (Å²) in [6.45, 7) is 4.52. The molecular formula is C17H26N2. The number of piperidine rings is 1. The molecule has 1 heterocycles. The molecule has 2 N–H and O–H groups in total. The first-order valence-corrected chi connectivity index (χ1v) is 7.79. The molecule has 0 radical (unpaired) electrons. The van der Waals surface area contributed by atoms with E-state index >= 15 is 0 Å². The lowest BCUT2D eigenvalue weighted by atomic mass is 9.72. The van der Waals surface area contributed by atoms with Crippen LogP contribution in [0.25, 0.3) is 0 Å². The van der Waals surface area contributed by atoms with E-state index in [1.54, 1.807) is 0 Å². The Morgan fingerprint density at radius 1 is 1.16 bits per heavy atom. The highest BCUT2D eigenvalue weighted by atomic mass is 15.1. The number of hydrogen-bond acceptors (Lipinski definition) is 2. The molecule has 0 amide bonds. The van der Waals surface area contributed by atoms with Gasteiger partial charge in [-0.25, -0.2) is 0 Å². The van der Waals surface area contributed by atoms with E-state index in [9.17, 15) is 0 Å². The van der Waals surface area contributed by atoms with Crippen LogP contribution in [0, 0.1) is 11.3 Å². The third-order valence-corrected chi connectivity index (χ3v) is 5.31. The first-order valence-electron chi connectivity index (χ1n) is 7.79. The maximum Gasteiger partial charge on any atom is 0.0233 e. The van der Waals surface area contributed by atoms with Crippen LogP contribution < -0.4 is 5.73 Å². The molecule has 1 spiro atoms. The fourth-order valence-electron chi connectivity index (χ4n) is 4.35. The minimum atomic E-state index is 0.543. The molecule has 0 aromatic heterocycles. The van der Waals surface area contributed by atoms with E-state index < -0.39 is 0 Å². The normalized spacial score (nSPS) is 31.9. The zero-order valence-electron chi connectivity index (χ0n) is 11.9. The molecule has 1 saturated carbocycles. The van der Waals surface area contributed by atoms with Gasteiger partial charge in [0.2, 0.25) is 0 Å². The highest BCUT2D eigenvalue weighted by molar-refractivity contribution is 5.14. The zero-order chi connectivity index (χ0) is 13.1. The lowest BCUT2D eigenvalue weighted by Gasteiger charge is -2.44. The average molecular weight is 258 g/mol. The molecule has 3 rings (SSSR count). The first-order chi connectivity index (χ1) is 9.32. The molecule has 1 aromatic carbocycles. The molecule has 2 aliphatic rings. The maximum absolute atomic E-state index is 6.02. The van der Waals surface area contributed by atoms with Crippen LogP contribution in [0.3, 0.4) is 0 Å². The van der Waals surface area contributed by atoms with Gasteiger partial charge in [0.1, 0.15) is 0 Å². The largest absolute Gasteiger partial charge is 0.330 e. The molecule has 1 saturated heterocycles. The predicted molar refractivity (Wildman–Crippen MR) is 79.8 cm³/mol. The molecule has 1 aliphatic carbocycles. The summed E-state index contributed by atoms with van der Waals surface area (Å²) in [5.74, 6) is 0.770. The van der Waals surface area contributed by atoms with Gasteiger partial charge < -0.3 is 5.73 Å². The Morgan fingerprint density at radius 2 is 1.95 bits per heavy atom. The van der Waals surface area contributed by atoms with E-state index in [0.717, 1.165) is 19.0 Å². The van der Waals surface area contributed by atoms with Crippen molar-refractivity contribution in [2.45, 2.75) is 38.6 Å². The second kappa shape index (κ2) is 5.64. The summed E-state index contributed by atoms with van der Waals surface area (Å²) in [5.41, 5.74) is 8.01. The van der Waals surface area contributed by atoms with E-state index in [-0.39, 0.29) is 0 Å². The van der Waals surface area contributed by atoms with Crippen molar-refractivity contribution < 1.29 is 0 Å². The van der Waals surface area contributed by atoms with E-state index in [1.807, 2.05) is 0 Å². The second-order valence-corrected chi connectivity index (χ2v) is 6.49. The van der Waals surface area contributed by atoms with Crippen LogP contribution >= 0.6 is 0 Å². The van der Waals surface area contributed by atoms with Gasteiger partial charge in [-0.1, -0.05) is 36.8 Å². The van der Waals surface area contributed by atoms with Crippen LogP contribution in [0.5, 0.6) is 0 Å². The first kappa shape index (κ1) is 13.1. The molecule has 104 valence electrons. The van der Waals surface area contributed by atoms with Gasteiger partial charge in [-0.05, 0) is 55.7 Å². The Kier molecular flexibility index (Phi) is 3.90. The van der Waals surface area contributed by atoms with Crippen molar-refractivity contribution in [1.82, 2.24) is 4.90 Å². The maximum atomic E-state index is 6.02. The molecule has 1 aromatic rings. The van der Waals surface area contributed by atoms with Crippen molar-refractivity contribution >= 4 is 0 Å². The summed E-state index contributed by atoms with van der Waals surface area (Å²) >= 11 is 0. The fraction of sp³-hybridized carbons (Fsp3) is 0.647. The molecule has 2 unspecified atom stereocenters. The highest BCUT2D eigenvalue weighted by Gasteiger charge is 2.44. The Labute approximate surface area is 117 Å². The fourth-order valence-corrected chi connectivity index (χ4v) is 4.35. The molecule has 2 fully saturated rings. The minimum Gasteiger partial charge on any atom is -0.330 e. The van der Waals surface area contributed by atoms with Crippen LogP contribution in [0.2, 0.25) is 0 Å². The van der Waals surface area contributed by atoms with Gasteiger partial charge in [0, 0.05) is 13.1 Å². The Hall–Kier alpha value is -0.860. The Balaban J connectivity index is 1.68. The summed E-state index contributed by atoms with van der Waals surface area (Å²) in [5, 5.41) is 0. The predicted octanol–water partition coefficient (Wildman–Crippen LogP) is 3.03. The molecule has 1 aliphatic heterocycles. The van der Waals surface area contributed by atoms with Crippen LogP contribution in [-0.4, -0.2) is 24.5 Å². The average Bonchev–Trinajstić information content (AvgIpc) is 2.82. The number of hydrogen-bond donors (Lipinski definition) is 1. The topological polar surface area (TPSA) is 29.3 Å². The molecule has 2 atom stereocenters. The van der Waals surface area contributed by atoms with Crippen molar-refractivity contribution in [3.63, 3.8) is 0 Å².